The lowest BCUT2D eigenvalue weighted by molar-refractivity contribution is -0.870. The molecule has 0 aromatic rings. The van der Waals surface area contributed by atoms with Gasteiger partial charge < -0.3 is 18.9 Å². The fraction of sp³-hybridized carbons (Fsp3) is 0.700. The zero-order valence-corrected chi connectivity index (χ0v) is 12.0. The van der Waals surface area contributed by atoms with E-state index in [0.717, 1.165) is 24.0 Å². The second kappa shape index (κ2) is 8.20. The molecule has 0 atom stereocenters. The molecule has 0 saturated carbocycles. The first-order chi connectivity index (χ1) is 7.83. The number of quaternary nitrogens is 1. The summed E-state index contributed by atoms with van der Waals surface area (Å²) in [7, 11) is 1.25. The summed E-state index contributed by atoms with van der Waals surface area (Å²) in [5, 5.41) is 2.81. The van der Waals surface area contributed by atoms with E-state index in [2.05, 4.69) is 33.0 Å². The quantitative estimate of drug-likeness (QED) is 0.239. The van der Waals surface area contributed by atoms with E-state index in [9.17, 15) is 4.79 Å². The molecule has 0 aliphatic heterocycles. The molecule has 0 heterocycles. The molecule has 0 aliphatic carbocycles. The SMILES string of the molecule is C=C(C)C(=O)NCCC[N+](C)(C)C.O=S(=O)([O-])[O-]. The highest BCUT2D eigenvalue weighted by molar-refractivity contribution is 7.79. The molecule has 1 amide bonds. The Morgan fingerprint density at radius 1 is 1.28 bits per heavy atom. The lowest BCUT2D eigenvalue weighted by Gasteiger charge is -2.23. The van der Waals surface area contributed by atoms with Crippen LogP contribution in [0.25, 0.3) is 0 Å². The summed E-state index contributed by atoms with van der Waals surface area (Å²) in [4.78, 5) is 11.1. The maximum Gasteiger partial charge on any atom is 0.246 e. The number of hydrogen-bond acceptors (Lipinski definition) is 5. The average molecular weight is 281 g/mol. The third-order valence-corrected chi connectivity index (χ3v) is 1.68. The van der Waals surface area contributed by atoms with Crippen molar-refractivity contribution in [3.63, 3.8) is 0 Å². The molecule has 1 N–H and O–H groups in total. The highest BCUT2D eigenvalue weighted by Gasteiger charge is 2.06. The average Bonchev–Trinajstić information content (AvgIpc) is 2.07. The van der Waals surface area contributed by atoms with Gasteiger partial charge in [-0.15, -0.1) is 0 Å². The van der Waals surface area contributed by atoms with Gasteiger partial charge in [-0.2, -0.15) is 0 Å². The topological polar surface area (TPSA) is 109 Å². The van der Waals surface area contributed by atoms with Gasteiger partial charge in [0.25, 0.3) is 0 Å². The zero-order valence-electron chi connectivity index (χ0n) is 11.2. The maximum absolute atomic E-state index is 11.1. The number of rotatable bonds is 5. The van der Waals surface area contributed by atoms with Gasteiger partial charge in [0.1, 0.15) is 0 Å². The number of carbonyl (C=O) groups is 1. The first-order valence-corrected chi connectivity index (χ1v) is 6.57. The summed E-state index contributed by atoms with van der Waals surface area (Å²) in [6, 6.07) is 0. The molecule has 18 heavy (non-hydrogen) atoms. The van der Waals surface area contributed by atoms with Crippen LogP contribution in [0.1, 0.15) is 13.3 Å². The van der Waals surface area contributed by atoms with Crippen molar-refractivity contribution in [1.29, 1.82) is 0 Å². The molecule has 0 rings (SSSR count). The van der Waals surface area contributed by atoms with Crippen LogP contribution in [0.4, 0.5) is 0 Å². The molecule has 0 aliphatic rings. The van der Waals surface area contributed by atoms with Crippen LogP contribution in [0.2, 0.25) is 0 Å². The van der Waals surface area contributed by atoms with Gasteiger partial charge in [0, 0.05) is 28.9 Å². The number of nitrogens with one attached hydrogen (secondary N) is 1. The molecule has 0 spiro atoms. The molecule has 7 nitrogen and oxygen atoms in total. The molecule has 108 valence electrons. The lowest BCUT2D eigenvalue weighted by Crippen LogP contribution is -2.37. The molecule has 0 fully saturated rings. The maximum atomic E-state index is 11.1. The number of carbonyl (C=O) groups excluding carboxylic acids is 1. The Labute approximate surface area is 109 Å². The van der Waals surface area contributed by atoms with E-state index in [1.807, 2.05) is 0 Å². The van der Waals surface area contributed by atoms with Gasteiger partial charge in [0.05, 0.1) is 27.7 Å². The molecule has 0 bridgehead atoms. The predicted octanol–water partition coefficient (Wildman–Crippen LogP) is -0.563. The van der Waals surface area contributed by atoms with Crippen LogP contribution < -0.4 is 5.32 Å². The first-order valence-electron chi connectivity index (χ1n) is 5.24. The summed E-state index contributed by atoms with van der Waals surface area (Å²) in [5.74, 6) is -0.0404. The van der Waals surface area contributed by atoms with E-state index >= 15 is 0 Å². The minimum atomic E-state index is -5.17. The molecule has 0 radical (unpaired) electrons. The Morgan fingerprint density at radius 3 is 1.94 bits per heavy atom. The van der Waals surface area contributed by atoms with E-state index < -0.39 is 10.4 Å². The minimum absolute atomic E-state index is 0.0404. The van der Waals surface area contributed by atoms with Crippen LogP contribution in [0.15, 0.2) is 12.2 Å². The molecular weight excluding hydrogens is 260 g/mol. The Balaban J connectivity index is 0. The Kier molecular flexibility index (Phi) is 8.83. The van der Waals surface area contributed by atoms with Crippen molar-refractivity contribution in [2.45, 2.75) is 13.3 Å². The number of amides is 1. The van der Waals surface area contributed by atoms with Crippen LogP contribution in [0.5, 0.6) is 0 Å². The van der Waals surface area contributed by atoms with Crippen LogP contribution in [0.3, 0.4) is 0 Å². The first kappa shape index (κ1) is 19.4. The molecule has 0 aromatic carbocycles. The second-order valence-electron chi connectivity index (χ2n) is 4.81. The Hall–Kier alpha value is -0.960. The summed E-state index contributed by atoms with van der Waals surface area (Å²) in [6.07, 6.45) is 1.00. The van der Waals surface area contributed by atoms with Crippen LogP contribution >= 0.6 is 0 Å². The Morgan fingerprint density at radius 2 is 1.67 bits per heavy atom. The fourth-order valence-electron chi connectivity index (χ4n) is 0.906. The van der Waals surface area contributed by atoms with Crippen molar-refractivity contribution in [3.05, 3.63) is 12.2 Å². The monoisotopic (exact) mass is 281 g/mol. The van der Waals surface area contributed by atoms with Crippen molar-refractivity contribution < 1.29 is 26.8 Å². The van der Waals surface area contributed by atoms with Crippen LogP contribution in [0, 0.1) is 0 Å². The van der Waals surface area contributed by atoms with Crippen molar-refractivity contribution in [1.82, 2.24) is 5.32 Å². The number of nitrogens with zero attached hydrogens (tertiary/aromatic N) is 1. The van der Waals surface area contributed by atoms with Gasteiger partial charge >= 0.3 is 0 Å². The van der Waals surface area contributed by atoms with E-state index in [-0.39, 0.29) is 5.91 Å². The minimum Gasteiger partial charge on any atom is -0.759 e. The van der Waals surface area contributed by atoms with Crippen LogP contribution in [-0.2, 0) is 15.2 Å². The normalized spacial score (nSPS) is 11.2. The van der Waals surface area contributed by atoms with E-state index in [1.54, 1.807) is 6.92 Å². The fourth-order valence-corrected chi connectivity index (χ4v) is 0.906. The summed E-state index contributed by atoms with van der Waals surface area (Å²) >= 11 is 0. The van der Waals surface area contributed by atoms with Gasteiger partial charge in [0.2, 0.25) is 5.91 Å². The molecule has 8 heteroatoms. The largest absolute Gasteiger partial charge is 0.759 e. The van der Waals surface area contributed by atoms with Gasteiger partial charge in [-0.3, -0.25) is 13.2 Å². The molecule has 0 aromatic heterocycles. The van der Waals surface area contributed by atoms with Crippen molar-refractivity contribution in [3.8, 4) is 0 Å². The highest BCUT2D eigenvalue weighted by Crippen LogP contribution is 1.92. The lowest BCUT2D eigenvalue weighted by atomic mass is 10.3. The summed E-state index contributed by atoms with van der Waals surface area (Å²) < 4.78 is 35.0. The summed E-state index contributed by atoms with van der Waals surface area (Å²) in [5.41, 5.74) is 0.574. The molecule has 0 saturated heterocycles. The summed E-state index contributed by atoms with van der Waals surface area (Å²) in [6.45, 7) is 7.09. The molecular formula is C10H21N2O5S-. The van der Waals surface area contributed by atoms with Crippen molar-refractivity contribution in [2.75, 3.05) is 34.2 Å². The standard InChI is InChI=1S/C10H20N2O.H2O4S/c1-9(2)10(13)11-7-6-8-12(3,4)5;1-5(2,3)4/h1,6-8H2,2-5H3;(H2,1,2,3,4)/p-1. The van der Waals surface area contributed by atoms with Crippen molar-refractivity contribution >= 4 is 16.3 Å². The zero-order chi connectivity index (χ0) is 15.0. The van der Waals surface area contributed by atoms with Crippen LogP contribution in [-0.4, -0.2) is 62.1 Å². The van der Waals surface area contributed by atoms with Gasteiger partial charge in [-0.1, -0.05) is 6.58 Å². The van der Waals surface area contributed by atoms with E-state index in [1.165, 1.54) is 0 Å². The predicted molar refractivity (Wildman–Crippen MR) is 65.8 cm³/mol. The Bertz CT molecular complexity index is 362. The van der Waals surface area contributed by atoms with Gasteiger partial charge in [-0.05, 0) is 6.92 Å². The number of hydrogen-bond donors (Lipinski definition) is 1. The van der Waals surface area contributed by atoms with E-state index in [0.29, 0.717) is 5.57 Å². The van der Waals surface area contributed by atoms with Crippen molar-refractivity contribution in [2.24, 2.45) is 0 Å². The highest BCUT2D eigenvalue weighted by atomic mass is 32.3. The van der Waals surface area contributed by atoms with Gasteiger partial charge in [0.15, 0.2) is 0 Å². The smallest absolute Gasteiger partial charge is 0.246 e. The third kappa shape index (κ3) is 24.3. The van der Waals surface area contributed by atoms with E-state index in [4.69, 9.17) is 17.5 Å². The molecule has 0 unspecified atom stereocenters. The third-order valence-electron chi connectivity index (χ3n) is 1.68. The van der Waals surface area contributed by atoms with Gasteiger partial charge in [-0.25, -0.2) is 0 Å². The second-order valence-corrected chi connectivity index (χ2v) is 5.63.